The first-order valence-corrected chi connectivity index (χ1v) is 26.4. The van der Waals surface area contributed by atoms with Crippen molar-refractivity contribution in [3.05, 3.63) is 48.6 Å². The minimum atomic E-state index is -0.956. The molecule has 0 saturated carbocycles. The topological polar surface area (TPSA) is 89.8 Å². The monoisotopic (exact) mass is 842 g/mol. The van der Waals surface area contributed by atoms with E-state index in [0.717, 1.165) is 38.5 Å². The van der Waals surface area contributed by atoms with Gasteiger partial charge in [0.05, 0.1) is 31.3 Å². The van der Waals surface area contributed by atoms with Crippen LogP contribution >= 0.6 is 0 Å². The molecule has 60 heavy (non-hydrogen) atoms. The van der Waals surface area contributed by atoms with Crippen LogP contribution in [-0.4, -0.2) is 46.1 Å². The summed E-state index contributed by atoms with van der Waals surface area (Å²) in [7, 11) is 0. The quantitative estimate of drug-likeness (QED) is 0.0363. The first-order chi connectivity index (χ1) is 29.5. The minimum Gasteiger partial charge on any atom is -0.394 e. The summed E-state index contributed by atoms with van der Waals surface area (Å²) in [5.74, 6) is -0.329. The highest BCUT2D eigenvalue weighted by Gasteiger charge is 2.20. The first-order valence-electron chi connectivity index (χ1n) is 26.4. The van der Waals surface area contributed by atoms with Crippen molar-refractivity contribution >= 4 is 5.91 Å². The molecule has 0 aliphatic rings. The van der Waals surface area contributed by atoms with Gasteiger partial charge in [0, 0.05) is 0 Å². The molecule has 0 aromatic rings. The second-order valence-corrected chi connectivity index (χ2v) is 18.1. The lowest BCUT2D eigenvalue weighted by atomic mass is 10.0. The Kier molecular flexibility index (Phi) is 48.6. The molecule has 0 bridgehead atoms. The number of unbranched alkanes of at least 4 members (excludes halogenated alkanes) is 33. The number of hydrogen-bond donors (Lipinski definition) is 4. The normalized spacial score (nSPS) is 13.8. The Hall–Kier alpha value is -1.69. The first kappa shape index (κ1) is 58.3. The lowest BCUT2D eigenvalue weighted by Crippen LogP contribution is -2.45. The number of amides is 1. The molecule has 0 aliphatic carbocycles. The predicted octanol–water partition coefficient (Wildman–Crippen LogP) is 16.1. The fourth-order valence-corrected chi connectivity index (χ4v) is 8.03. The maximum Gasteiger partial charge on any atom is 0.222 e. The Labute approximate surface area is 374 Å². The van der Waals surface area contributed by atoms with Gasteiger partial charge in [-0.05, 0) is 64.2 Å². The van der Waals surface area contributed by atoms with Crippen molar-refractivity contribution in [2.75, 3.05) is 6.61 Å². The Balaban J connectivity index is 3.66. The van der Waals surface area contributed by atoms with E-state index >= 15 is 0 Å². The number of aliphatic hydroxyl groups excluding tert-OH is 3. The summed E-state index contributed by atoms with van der Waals surface area (Å²) in [6.07, 6.45) is 65.7. The van der Waals surface area contributed by atoms with E-state index in [1.807, 2.05) is 6.08 Å². The summed E-state index contributed by atoms with van der Waals surface area (Å²) in [4.78, 5) is 12.5. The maximum absolute atomic E-state index is 12.5. The van der Waals surface area contributed by atoms with Gasteiger partial charge in [-0.25, -0.2) is 0 Å². The van der Waals surface area contributed by atoms with E-state index in [-0.39, 0.29) is 18.9 Å². The number of aliphatic hydroxyl groups is 3. The number of carbonyl (C=O) groups is 1. The van der Waals surface area contributed by atoms with Crippen molar-refractivity contribution in [1.29, 1.82) is 0 Å². The zero-order valence-corrected chi connectivity index (χ0v) is 40.1. The van der Waals surface area contributed by atoms with Gasteiger partial charge < -0.3 is 20.6 Å². The summed E-state index contributed by atoms with van der Waals surface area (Å²) >= 11 is 0. The molecule has 1 amide bonds. The summed E-state index contributed by atoms with van der Waals surface area (Å²) in [5, 5.41) is 33.4. The summed E-state index contributed by atoms with van der Waals surface area (Å²) in [6, 6.07) is -0.766. The summed E-state index contributed by atoms with van der Waals surface area (Å²) in [5.41, 5.74) is 0. The van der Waals surface area contributed by atoms with Crippen molar-refractivity contribution < 1.29 is 20.1 Å². The molecule has 0 radical (unpaired) electrons. The number of carbonyl (C=O) groups excluding carboxylic acids is 1. The maximum atomic E-state index is 12.5. The SMILES string of the molecule is CCCCCCCCCCC/C=C\C/C=C\CCCCCCCCCC(O)CC(=O)NC(CO)C(O)/C=C/CC/C=C/CCCCCCCCCCCCCCCCCC. The van der Waals surface area contributed by atoms with Gasteiger partial charge in [0.25, 0.3) is 0 Å². The molecule has 0 saturated heterocycles. The molecule has 3 atom stereocenters. The lowest BCUT2D eigenvalue weighted by Gasteiger charge is -2.21. The zero-order valence-electron chi connectivity index (χ0n) is 40.1. The van der Waals surface area contributed by atoms with Crippen LogP contribution in [0.2, 0.25) is 0 Å². The molecule has 3 unspecified atom stereocenters. The van der Waals surface area contributed by atoms with Crippen LogP contribution in [0.1, 0.15) is 271 Å². The number of rotatable bonds is 48. The molecule has 0 rings (SSSR count). The van der Waals surface area contributed by atoms with E-state index in [4.69, 9.17) is 0 Å². The summed E-state index contributed by atoms with van der Waals surface area (Å²) < 4.78 is 0. The molecule has 0 spiro atoms. The molecule has 5 heteroatoms. The van der Waals surface area contributed by atoms with Gasteiger partial charge in [0.2, 0.25) is 5.91 Å². The molecule has 5 nitrogen and oxygen atoms in total. The van der Waals surface area contributed by atoms with E-state index in [1.165, 1.54) is 205 Å². The largest absolute Gasteiger partial charge is 0.394 e. The van der Waals surface area contributed by atoms with Crippen molar-refractivity contribution in [2.45, 2.75) is 289 Å². The van der Waals surface area contributed by atoms with Gasteiger partial charge in [-0.3, -0.25) is 4.79 Å². The zero-order chi connectivity index (χ0) is 43.7. The fraction of sp³-hybridized carbons (Fsp3) is 0.836. The van der Waals surface area contributed by atoms with E-state index in [0.29, 0.717) is 6.42 Å². The number of nitrogens with one attached hydrogen (secondary N) is 1. The van der Waals surface area contributed by atoms with Gasteiger partial charge >= 0.3 is 0 Å². The highest BCUT2D eigenvalue weighted by Crippen LogP contribution is 2.16. The average Bonchev–Trinajstić information content (AvgIpc) is 3.24. The molecule has 0 aliphatic heterocycles. The average molecular weight is 842 g/mol. The van der Waals surface area contributed by atoms with Crippen LogP contribution in [0.4, 0.5) is 0 Å². The molecule has 0 aromatic heterocycles. The van der Waals surface area contributed by atoms with Crippen LogP contribution in [0.15, 0.2) is 48.6 Å². The van der Waals surface area contributed by atoms with Crippen LogP contribution in [0.3, 0.4) is 0 Å². The predicted molar refractivity (Wildman–Crippen MR) is 264 cm³/mol. The van der Waals surface area contributed by atoms with Crippen molar-refractivity contribution in [3.63, 3.8) is 0 Å². The lowest BCUT2D eigenvalue weighted by molar-refractivity contribution is -0.124. The highest BCUT2D eigenvalue weighted by molar-refractivity contribution is 5.76. The number of hydrogen-bond acceptors (Lipinski definition) is 4. The van der Waals surface area contributed by atoms with Crippen molar-refractivity contribution in [1.82, 2.24) is 5.32 Å². The Morgan fingerprint density at radius 3 is 1.17 bits per heavy atom. The highest BCUT2D eigenvalue weighted by atomic mass is 16.3. The van der Waals surface area contributed by atoms with E-state index in [1.54, 1.807) is 6.08 Å². The second-order valence-electron chi connectivity index (χ2n) is 18.1. The van der Waals surface area contributed by atoms with Gasteiger partial charge in [0.15, 0.2) is 0 Å². The Morgan fingerprint density at radius 1 is 0.433 bits per heavy atom. The van der Waals surface area contributed by atoms with Gasteiger partial charge in [-0.2, -0.15) is 0 Å². The van der Waals surface area contributed by atoms with Crippen LogP contribution < -0.4 is 5.32 Å². The molecule has 0 aromatic carbocycles. The minimum absolute atomic E-state index is 0.000251. The Bertz CT molecular complexity index is 974. The smallest absolute Gasteiger partial charge is 0.222 e. The standard InChI is InChI=1S/C55H103NO4/c1-3-5-7-9-11-13-15-17-19-21-23-25-27-28-30-32-34-36-38-40-42-44-46-48-52(58)50-55(60)56-53(51-57)54(59)49-47-45-43-41-39-37-35-33-31-29-26-24-22-20-18-16-14-12-10-8-6-4-2/h23,25,28,30,39,41,47,49,52-54,57-59H,3-22,24,26-27,29,31-38,40,42-46,48,50-51H2,1-2H3,(H,56,60)/b25-23-,30-28-,41-39+,49-47+. The molecular weight excluding hydrogens is 739 g/mol. The fourth-order valence-electron chi connectivity index (χ4n) is 8.03. The molecule has 352 valence electrons. The third kappa shape index (κ3) is 45.8. The van der Waals surface area contributed by atoms with Crippen LogP contribution in [0, 0.1) is 0 Å². The number of allylic oxidation sites excluding steroid dienone is 7. The van der Waals surface area contributed by atoms with Crippen LogP contribution in [0.5, 0.6) is 0 Å². The van der Waals surface area contributed by atoms with Crippen LogP contribution in [0.25, 0.3) is 0 Å². The summed E-state index contributed by atoms with van der Waals surface area (Å²) in [6.45, 7) is 4.22. The molecule has 4 N–H and O–H groups in total. The van der Waals surface area contributed by atoms with Gasteiger partial charge in [0.1, 0.15) is 0 Å². The van der Waals surface area contributed by atoms with Crippen molar-refractivity contribution in [2.24, 2.45) is 0 Å². The Morgan fingerprint density at radius 2 is 0.767 bits per heavy atom. The molecular formula is C55H103NO4. The van der Waals surface area contributed by atoms with Gasteiger partial charge in [-0.1, -0.05) is 249 Å². The van der Waals surface area contributed by atoms with Crippen molar-refractivity contribution in [3.8, 4) is 0 Å². The van der Waals surface area contributed by atoms with Gasteiger partial charge in [-0.15, -0.1) is 0 Å². The van der Waals surface area contributed by atoms with E-state index in [2.05, 4.69) is 55.6 Å². The second kappa shape index (κ2) is 50.0. The third-order valence-electron chi connectivity index (χ3n) is 12.1. The van der Waals surface area contributed by atoms with Crippen LogP contribution in [-0.2, 0) is 4.79 Å². The van der Waals surface area contributed by atoms with E-state index < -0.39 is 18.2 Å². The van der Waals surface area contributed by atoms with E-state index in [9.17, 15) is 20.1 Å². The molecule has 0 fully saturated rings. The third-order valence-corrected chi connectivity index (χ3v) is 12.1. The molecule has 0 heterocycles.